The lowest BCUT2D eigenvalue weighted by atomic mass is 10.2. The zero-order valence-electron chi connectivity index (χ0n) is 5.30. The quantitative estimate of drug-likeness (QED) is 0.527. The van der Waals surface area contributed by atoms with Gasteiger partial charge in [-0.1, -0.05) is 19.2 Å². The molecule has 9 heavy (non-hydrogen) atoms. The minimum atomic E-state index is 0.908. The molecule has 0 aromatic rings. The summed E-state index contributed by atoms with van der Waals surface area (Å²) in [6.45, 7) is 7.28. The van der Waals surface area contributed by atoms with Gasteiger partial charge in [-0.05, 0) is 11.6 Å². The van der Waals surface area contributed by atoms with Gasteiger partial charge in [-0.15, -0.1) is 0 Å². The van der Waals surface area contributed by atoms with Crippen LogP contribution in [0.1, 0.15) is 6.42 Å². The third-order valence-corrected chi connectivity index (χ3v) is 1.31. The van der Waals surface area contributed by atoms with Gasteiger partial charge < -0.3 is 0 Å². The van der Waals surface area contributed by atoms with Crippen LogP contribution in [0.4, 0.5) is 0 Å². The minimum Gasteiger partial charge on any atom is -0.261 e. The van der Waals surface area contributed by atoms with E-state index < -0.39 is 0 Å². The van der Waals surface area contributed by atoms with E-state index in [1.54, 1.807) is 6.08 Å². The van der Waals surface area contributed by atoms with Crippen molar-refractivity contribution in [1.29, 1.82) is 0 Å². The summed E-state index contributed by atoms with van der Waals surface area (Å²) in [6.07, 6.45) is 6.35. The van der Waals surface area contributed by atoms with Crippen molar-refractivity contribution < 1.29 is 0 Å². The van der Waals surface area contributed by atoms with Crippen LogP contribution >= 0.6 is 0 Å². The van der Waals surface area contributed by atoms with Crippen molar-refractivity contribution in [2.45, 2.75) is 6.42 Å². The summed E-state index contributed by atoms with van der Waals surface area (Å²) in [5.41, 5.74) is 2.13. The van der Waals surface area contributed by atoms with Crippen molar-refractivity contribution in [3.8, 4) is 0 Å². The van der Waals surface area contributed by atoms with Crippen LogP contribution in [0, 0.1) is 0 Å². The fraction of sp³-hybridized carbons (Fsp3) is 0.125. The van der Waals surface area contributed by atoms with Crippen LogP contribution in [0.3, 0.4) is 0 Å². The molecule has 0 saturated heterocycles. The van der Waals surface area contributed by atoms with Gasteiger partial charge in [0.05, 0.1) is 5.70 Å². The molecule has 1 aliphatic rings. The average Bonchev–Trinajstić information content (AvgIpc) is 2.33. The molecule has 1 nitrogen and oxygen atoms in total. The highest BCUT2D eigenvalue weighted by molar-refractivity contribution is 5.70. The summed E-state index contributed by atoms with van der Waals surface area (Å²) in [4.78, 5) is 4.07. The fourth-order valence-electron chi connectivity index (χ4n) is 0.802. The highest BCUT2D eigenvalue weighted by atomic mass is 14.7. The van der Waals surface area contributed by atoms with E-state index in [-0.39, 0.29) is 0 Å². The Bertz CT molecular complexity index is 197. The molecule has 0 spiro atoms. The Kier molecular flexibility index (Phi) is 1.63. The SMILES string of the molecule is C=CC1=C(C=C)N=CC1. The normalized spacial score (nSPS) is 16.4. The molecule has 1 aliphatic heterocycles. The predicted octanol–water partition coefficient (Wildman–Crippen LogP) is 2.09. The smallest absolute Gasteiger partial charge is 0.0655 e. The molecule has 0 N–H and O–H groups in total. The van der Waals surface area contributed by atoms with Gasteiger partial charge in [0.2, 0.25) is 0 Å². The van der Waals surface area contributed by atoms with Crippen LogP contribution in [0.5, 0.6) is 0 Å². The maximum absolute atomic E-state index is 4.07. The topological polar surface area (TPSA) is 12.4 Å². The van der Waals surface area contributed by atoms with Crippen LogP contribution in [0.2, 0.25) is 0 Å². The highest BCUT2D eigenvalue weighted by Gasteiger charge is 2.01. The third kappa shape index (κ3) is 0.992. The Morgan fingerprint density at radius 3 is 2.67 bits per heavy atom. The van der Waals surface area contributed by atoms with Crippen LogP contribution in [-0.2, 0) is 0 Å². The monoisotopic (exact) mass is 119 g/mol. The largest absolute Gasteiger partial charge is 0.261 e. The van der Waals surface area contributed by atoms with Crippen LogP contribution in [-0.4, -0.2) is 6.21 Å². The lowest BCUT2D eigenvalue weighted by Gasteiger charge is -1.90. The predicted molar refractivity (Wildman–Crippen MR) is 40.5 cm³/mol. The number of nitrogens with zero attached hydrogens (tertiary/aromatic N) is 1. The molecule has 0 unspecified atom stereocenters. The Morgan fingerprint density at radius 1 is 1.44 bits per heavy atom. The maximum atomic E-state index is 4.07. The molecule has 0 aromatic heterocycles. The highest BCUT2D eigenvalue weighted by Crippen LogP contribution is 2.16. The standard InChI is InChI=1S/C8H9N/c1-3-7-5-6-9-8(7)4-2/h3-4,6H,1-2,5H2. The Labute approximate surface area is 55.1 Å². The van der Waals surface area contributed by atoms with Crippen LogP contribution in [0.15, 0.2) is 41.6 Å². The minimum absolute atomic E-state index is 0.908. The molecule has 0 fully saturated rings. The van der Waals surface area contributed by atoms with Gasteiger partial charge in [0, 0.05) is 12.6 Å². The molecule has 0 radical (unpaired) electrons. The summed E-state index contributed by atoms with van der Waals surface area (Å²) < 4.78 is 0. The van der Waals surface area contributed by atoms with Crippen LogP contribution in [0.25, 0.3) is 0 Å². The number of allylic oxidation sites excluding steroid dienone is 3. The molecule has 0 atom stereocenters. The summed E-state index contributed by atoms with van der Waals surface area (Å²) in [5.74, 6) is 0. The fourth-order valence-corrected chi connectivity index (χ4v) is 0.802. The first-order valence-corrected chi connectivity index (χ1v) is 2.89. The van der Waals surface area contributed by atoms with Crippen molar-refractivity contribution in [2.75, 3.05) is 0 Å². The van der Waals surface area contributed by atoms with E-state index in [1.165, 1.54) is 5.57 Å². The second kappa shape index (κ2) is 2.44. The van der Waals surface area contributed by atoms with Gasteiger partial charge in [-0.2, -0.15) is 0 Å². The van der Waals surface area contributed by atoms with Crippen molar-refractivity contribution >= 4 is 6.21 Å². The number of hydrogen-bond acceptors (Lipinski definition) is 1. The zero-order chi connectivity index (χ0) is 6.69. The van der Waals surface area contributed by atoms with Crippen LogP contribution < -0.4 is 0 Å². The lowest BCUT2D eigenvalue weighted by Crippen LogP contribution is -1.73. The maximum Gasteiger partial charge on any atom is 0.0655 e. The summed E-state index contributed by atoms with van der Waals surface area (Å²) in [5, 5.41) is 0. The van der Waals surface area contributed by atoms with Crippen molar-refractivity contribution in [2.24, 2.45) is 4.99 Å². The molecular formula is C8H9N. The van der Waals surface area contributed by atoms with Gasteiger partial charge in [0.25, 0.3) is 0 Å². The van der Waals surface area contributed by atoms with E-state index in [2.05, 4.69) is 18.2 Å². The lowest BCUT2D eigenvalue weighted by molar-refractivity contribution is 1.36. The molecule has 1 heterocycles. The average molecular weight is 119 g/mol. The van der Waals surface area contributed by atoms with E-state index in [0.717, 1.165) is 12.1 Å². The molecule has 1 rings (SSSR count). The molecule has 0 aromatic carbocycles. The number of aliphatic imine (C=N–C) groups is 1. The first kappa shape index (κ1) is 6.02. The van der Waals surface area contributed by atoms with E-state index in [1.807, 2.05) is 12.3 Å². The van der Waals surface area contributed by atoms with Crippen molar-refractivity contribution in [1.82, 2.24) is 0 Å². The molecule has 0 saturated carbocycles. The van der Waals surface area contributed by atoms with Crippen molar-refractivity contribution in [3.63, 3.8) is 0 Å². The van der Waals surface area contributed by atoms with E-state index in [9.17, 15) is 0 Å². The van der Waals surface area contributed by atoms with Gasteiger partial charge in [-0.25, -0.2) is 0 Å². The Balaban J connectivity index is 2.91. The van der Waals surface area contributed by atoms with E-state index in [4.69, 9.17) is 0 Å². The van der Waals surface area contributed by atoms with Gasteiger partial charge in [0.15, 0.2) is 0 Å². The summed E-state index contributed by atoms with van der Waals surface area (Å²) >= 11 is 0. The molecule has 0 bridgehead atoms. The first-order valence-electron chi connectivity index (χ1n) is 2.89. The summed E-state index contributed by atoms with van der Waals surface area (Å²) in [6, 6.07) is 0. The van der Waals surface area contributed by atoms with Gasteiger partial charge >= 0.3 is 0 Å². The Hall–Kier alpha value is -1.11. The van der Waals surface area contributed by atoms with Gasteiger partial charge in [0.1, 0.15) is 0 Å². The van der Waals surface area contributed by atoms with Crippen molar-refractivity contribution in [3.05, 3.63) is 36.6 Å². The molecule has 0 amide bonds. The second-order valence-corrected chi connectivity index (χ2v) is 1.83. The molecule has 0 aliphatic carbocycles. The molecular weight excluding hydrogens is 110 g/mol. The molecule has 1 heteroatoms. The Morgan fingerprint density at radius 2 is 2.22 bits per heavy atom. The molecule has 46 valence electrons. The van der Waals surface area contributed by atoms with E-state index in [0.29, 0.717) is 0 Å². The third-order valence-electron chi connectivity index (χ3n) is 1.31. The van der Waals surface area contributed by atoms with E-state index >= 15 is 0 Å². The zero-order valence-corrected chi connectivity index (χ0v) is 5.30. The number of hydrogen-bond donors (Lipinski definition) is 0. The second-order valence-electron chi connectivity index (χ2n) is 1.83. The summed E-state index contributed by atoms with van der Waals surface area (Å²) in [7, 11) is 0. The first-order chi connectivity index (χ1) is 4.38. The number of rotatable bonds is 2. The van der Waals surface area contributed by atoms with Gasteiger partial charge in [-0.3, -0.25) is 4.99 Å².